The summed E-state index contributed by atoms with van der Waals surface area (Å²) in [5, 5.41) is 10.9. The van der Waals surface area contributed by atoms with E-state index in [9.17, 15) is 19.3 Å². The molecule has 0 aliphatic carbocycles. The van der Waals surface area contributed by atoms with Crippen molar-refractivity contribution in [2.45, 2.75) is 6.17 Å². The van der Waals surface area contributed by atoms with Crippen molar-refractivity contribution in [3.8, 4) is 11.5 Å². The Bertz CT molecular complexity index is 585. The van der Waals surface area contributed by atoms with Crippen molar-refractivity contribution in [2.75, 3.05) is 26.3 Å². The third-order valence-electron chi connectivity index (χ3n) is 3.22. The zero-order valence-corrected chi connectivity index (χ0v) is 10.4. The predicted octanol–water partition coefficient (Wildman–Crippen LogP) is 1.16. The minimum Gasteiger partial charge on any atom is -0.485 e. The molecule has 0 aromatic heterocycles. The van der Waals surface area contributed by atoms with Gasteiger partial charge in [-0.2, -0.15) is 0 Å². The third-order valence-corrected chi connectivity index (χ3v) is 3.22. The third kappa shape index (κ3) is 1.93. The van der Waals surface area contributed by atoms with Gasteiger partial charge in [-0.05, 0) is 6.07 Å². The van der Waals surface area contributed by atoms with Crippen LogP contribution in [0.2, 0.25) is 0 Å². The second-order valence-electron chi connectivity index (χ2n) is 4.55. The van der Waals surface area contributed by atoms with Gasteiger partial charge in [-0.15, -0.1) is 0 Å². The number of likely N-dealkylation sites (tertiary alicyclic amines) is 1. The van der Waals surface area contributed by atoms with E-state index in [2.05, 4.69) is 0 Å². The molecule has 1 saturated heterocycles. The maximum absolute atomic E-state index is 12.8. The highest BCUT2D eigenvalue weighted by atomic mass is 19.1. The summed E-state index contributed by atoms with van der Waals surface area (Å²) in [5.74, 6) is -0.377. The fourth-order valence-corrected chi connectivity index (χ4v) is 2.20. The minimum absolute atomic E-state index is 0.0332. The lowest BCUT2D eigenvalue weighted by Gasteiger charge is -2.35. The number of fused-ring (bicyclic) bond motifs is 1. The van der Waals surface area contributed by atoms with Crippen LogP contribution in [-0.2, 0) is 0 Å². The lowest BCUT2D eigenvalue weighted by molar-refractivity contribution is -0.386. The van der Waals surface area contributed by atoms with Gasteiger partial charge in [-0.3, -0.25) is 14.9 Å². The van der Waals surface area contributed by atoms with Gasteiger partial charge in [0.15, 0.2) is 5.75 Å². The zero-order valence-electron chi connectivity index (χ0n) is 10.4. The average molecular weight is 282 g/mol. The molecule has 0 radical (unpaired) electrons. The van der Waals surface area contributed by atoms with Crippen molar-refractivity contribution in [3.63, 3.8) is 0 Å². The molecule has 20 heavy (non-hydrogen) atoms. The molecule has 2 aliphatic rings. The van der Waals surface area contributed by atoms with Crippen LogP contribution in [0.1, 0.15) is 10.4 Å². The number of nitrogens with zero attached hydrogens (tertiary/aromatic N) is 2. The first kappa shape index (κ1) is 12.6. The lowest BCUT2D eigenvalue weighted by atomic mass is 10.1. The Balaban J connectivity index is 1.99. The van der Waals surface area contributed by atoms with Crippen molar-refractivity contribution in [1.29, 1.82) is 0 Å². The summed E-state index contributed by atoms with van der Waals surface area (Å²) in [7, 11) is 0. The topological polar surface area (TPSA) is 81.9 Å². The van der Waals surface area contributed by atoms with Gasteiger partial charge in [0.05, 0.1) is 23.6 Å². The molecular weight excluding hydrogens is 271 g/mol. The number of benzene rings is 1. The van der Waals surface area contributed by atoms with Crippen LogP contribution in [0.25, 0.3) is 0 Å². The Morgan fingerprint density at radius 1 is 1.30 bits per heavy atom. The quantitative estimate of drug-likeness (QED) is 0.600. The van der Waals surface area contributed by atoms with Crippen LogP contribution in [0.5, 0.6) is 11.5 Å². The Morgan fingerprint density at radius 3 is 2.55 bits per heavy atom. The maximum Gasteiger partial charge on any atom is 0.314 e. The van der Waals surface area contributed by atoms with Gasteiger partial charge < -0.3 is 14.4 Å². The van der Waals surface area contributed by atoms with E-state index in [-0.39, 0.29) is 49.1 Å². The fourth-order valence-electron chi connectivity index (χ4n) is 2.20. The standard InChI is InChI=1S/C12H11FN2O5/c13-7-5-14(6-7)12(16)8-1-2-9(15(17)18)11-10(8)19-3-4-20-11/h1-2,7H,3-6H2. The molecule has 0 spiro atoms. The van der Waals surface area contributed by atoms with Crippen LogP contribution < -0.4 is 9.47 Å². The number of carbonyl (C=O) groups is 1. The van der Waals surface area contributed by atoms with Gasteiger partial charge in [0, 0.05) is 6.07 Å². The molecule has 7 nitrogen and oxygen atoms in total. The summed E-state index contributed by atoms with van der Waals surface area (Å²) >= 11 is 0. The van der Waals surface area contributed by atoms with E-state index in [0.717, 1.165) is 0 Å². The highest BCUT2D eigenvalue weighted by Gasteiger charge is 2.35. The fraction of sp³-hybridized carbons (Fsp3) is 0.417. The number of carbonyl (C=O) groups excluding carboxylic acids is 1. The van der Waals surface area contributed by atoms with E-state index in [1.165, 1.54) is 17.0 Å². The Labute approximate surface area is 113 Å². The maximum atomic E-state index is 12.8. The average Bonchev–Trinajstić information content (AvgIpc) is 2.41. The molecule has 1 amide bonds. The van der Waals surface area contributed by atoms with Gasteiger partial charge in [-0.1, -0.05) is 0 Å². The number of hydrogen-bond donors (Lipinski definition) is 0. The molecule has 0 N–H and O–H groups in total. The minimum atomic E-state index is -1.01. The van der Waals surface area contributed by atoms with E-state index in [1.807, 2.05) is 0 Å². The van der Waals surface area contributed by atoms with Crippen molar-refractivity contribution >= 4 is 11.6 Å². The van der Waals surface area contributed by atoms with Crippen LogP contribution >= 0.6 is 0 Å². The number of ether oxygens (including phenoxy) is 2. The Morgan fingerprint density at radius 2 is 1.95 bits per heavy atom. The summed E-state index contributed by atoms with van der Waals surface area (Å²) in [4.78, 5) is 23.8. The number of halogens is 1. The largest absolute Gasteiger partial charge is 0.485 e. The van der Waals surface area contributed by atoms with Gasteiger partial charge >= 0.3 is 5.69 Å². The van der Waals surface area contributed by atoms with Crippen LogP contribution in [0.3, 0.4) is 0 Å². The highest BCUT2D eigenvalue weighted by Crippen LogP contribution is 2.42. The normalized spacial score (nSPS) is 17.6. The number of nitro groups is 1. The van der Waals surface area contributed by atoms with E-state index < -0.39 is 17.0 Å². The van der Waals surface area contributed by atoms with E-state index >= 15 is 0 Å². The molecule has 1 aromatic carbocycles. The van der Waals surface area contributed by atoms with E-state index in [4.69, 9.17) is 9.47 Å². The molecule has 0 saturated carbocycles. The summed E-state index contributed by atoms with van der Waals surface area (Å²) in [5.41, 5.74) is -0.0829. The highest BCUT2D eigenvalue weighted by molar-refractivity contribution is 5.99. The van der Waals surface area contributed by atoms with Gasteiger partial charge in [0.2, 0.25) is 5.75 Å². The smallest absolute Gasteiger partial charge is 0.314 e. The van der Waals surface area contributed by atoms with Crippen molar-refractivity contribution < 1.29 is 23.6 Å². The lowest BCUT2D eigenvalue weighted by Crippen LogP contribution is -2.51. The SMILES string of the molecule is O=C(c1ccc([N+](=O)[O-])c2c1OCCO2)N1CC(F)C1. The van der Waals surface area contributed by atoms with E-state index in [0.29, 0.717) is 0 Å². The molecule has 0 atom stereocenters. The molecule has 106 valence electrons. The molecule has 3 rings (SSSR count). The van der Waals surface area contributed by atoms with Crippen LogP contribution in [0.4, 0.5) is 10.1 Å². The van der Waals surface area contributed by atoms with Gasteiger partial charge in [0.1, 0.15) is 19.4 Å². The molecule has 2 aliphatic heterocycles. The van der Waals surface area contributed by atoms with Crippen LogP contribution in [0, 0.1) is 10.1 Å². The molecule has 8 heteroatoms. The molecule has 0 unspecified atom stereocenters. The summed E-state index contributed by atoms with van der Waals surface area (Å²) in [6, 6.07) is 2.52. The van der Waals surface area contributed by atoms with E-state index in [1.54, 1.807) is 0 Å². The zero-order chi connectivity index (χ0) is 14.3. The first-order chi connectivity index (χ1) is 9.58. The second-order valence-corrected chi connectivity index (χ2v) is 4.55. The van der Waals surface area contributed by atoms with Gasteiger partial charge in [0.25, 0.3) is 5.91 Å². The first-order valence-corrected chi connectivity index (χ1v) is 6.08. The first-order valence-electron chi connectivity index (χ1n) is 6.08. The molecule has 2 heterocycles. The predicted molar refractivity (Wildman–Crippen MR) is 64.9 cm³/mol. The van der Waals surface area contributed by atoms with Crippen LogP contribution in [-0.4, -0.2) is 48.2 Å². The Kier molecular flexibility index (Phi) is 2.92. The number of amides is 1. The molecule has 0 bridgehead atoms. The van der Waals surface area contributed by atoms with Crippen molar-refractivity contribution in [2.24, 2.45) is 0 Å². The molecular formula is C12H11FN2O5. The molecule has 1 fully saturated rings. The van der Waals surface area contributed by atoms with Crippen molar-refractivity contribution in [3.05, 3.63) is 27.8 Å². The second kappa shape index (κ2) is 4.62. The van der Waals surface area contributed by atoms with Gasteiger partial charge in [-0.25, -0.2) is 4.39 Å². The van der Waals surface area contributed by atoms with Crippen molar-refractivity contribution in [1.82, 2.24) is 4.90 Å². The molecule has 1 aromatic rings. The monoisotopic (exact) mass is 282 g/mol. The van der Waals surface area contributed by atoms with Crippen LogP contribution in [0.15, 0.2) is 12.1 Å². The number of rotatable bonds is 2. The number of alkyl halides is 1. The summed E-state index contributed by atoms with van der Waals surface area (Å²) in [6.07, 6.45) is -1.01. The number of nitro benzene ring substituents is 1. The Hall–Kier alpha value is -2.38. The summed E-state index contributed by atoms with van der Waals surface area (Å²) < 4.78 is 23.4. The summed E-state index contributed by atoms with van der Waals surface area (Å²) in [6.45, 7) is 0.457. The number of hydrogen-bond acceptors (Lipinski definition) is 5.